The van der Waals surface area contributed by atoms with Crippen LogP contribution >= 0.6 is 0 Å². The molecule has 3 aromatic rings. The summed E-state index contributed by atoms with van der Waals surface area (Å²) in [5.41, 5.74) is 0.196. The maximum atomic E-state index is 13.4. The van der Waals surface area contributed by atoms with Crippen LogP contribution in [0.5, 0.6) is 5.75 Å². The first-order valence-corrected chi connectivity index (χ1v) is 14.3. The second-order valence-corrected chi connectivity index (χ2v) is 12.6. The smallest absolute Gasteiger partial charge is 0.308 e. The molecule has 1 saturated heterocycles. The summed E-state index contributed by atoms with van der Waals surface area (Å²) in [4.78, 5) is 25.1. The van der Waals surface area contributed by atoms with Gasteiger partial charge in [-0.25, -0.2) is 0 Å². The van der Waals surface area contributed by atoms with E-state index in [2.05, 4.69) is 18.4 Å². The Kier molecular flexibility index (Phi) is 6.51. The van der Waals surface area contributed by atoms with E-state index in [0.717, 1.165) is 52.7 Å². The maximum Gasteiger partial charge on any atom is 0.308 e. The second kappa shape index (κ2) is 9.76. The van der Waals surface area contributed by atoms with Gasteiger partial charge in [-0.05, 0) is 72.7 Å². The number of nitrogens with zero attached hydrogens (tertiary/aromatic N) is 1. The van der Waals surface area contributed by atoms with Crippen molar-refractivity contribution in [2.45, 2.75) is 62.5 Å². The van der Waals surface area contributed by atoms with E-state index in [9.17, 15) is 14.7 Å². The number of quaternary nitrogens is 1. The highest BCUT2D eigenvalue weighted by Gasteiger charge is 2.62. The summed E-state index contributed by atoms with van der Waals surface area (Å²) in [6.45, 7) is 4.20. The van der Waals surface area contributed by atoms with E-state index in [1.54, 1.807) is 6.07 Å². The summed E-state index contributed by atoms with van der Waals surface area (Å²) >= 11 is 0. The van der Waals surface area contributed by atoms with Gasteiger partial charge in [-0.15, -0.1) is 0 Å². The summed E-state index contributed by atoms with van der Waals surface area (Å²) in [6, 6.07) is 21.5. The first kappa shape index (κ1) is 26.0. The van der Waals surface area contributed by atoms with Crippen LogP contribution in [0.2, 0.25) is 0 Å². The summed E-state index contributed by atoms with van der Waals surface area (Å²) in [5.74, 6) is 0.836. The van der Waals surface area contributed by atoms with Gasteiger partial charge >= 0.3 is 5.97 Å². The maximum absolute atomic E-state index is 13.4. The number of piperidine rings is 1. The van der Waals surface area contributed by atoms with Crippen molar-refractivity contribution in [3.63, 3.8) is 0 Å². The number of carbonyl (C=O) groups excluding carboxylic acids is 2. The van der Waals surface area contributed by atoms with E-state index in [4.69, 9.17) is 4.74 Å². The van der Waals surface area contributed by atoms with Crippen molar-refractivity contribution in [1.82, 2.24) is 5.32 Å². The summed E-state index contributed by atoms with van der Waals surface area (Å²) < 4.78 is 6.34. The summed E-state index contributed by atoms with van der Waals surface area (Å²) in [5, 5.41) is 18.0. The molecule has 6 nitrogen and oxygen atoms in total. The molecule has 2 aliphatic carbocycles. The Labute approximate surface area is 230 Å². The molecular weight excluding hydrogens is 488 g/mol. The number of aliphatic hydroxyl groups is 1. The third-order valence-electron chi connectivity index (χ3n) is 9.50. The summed E-state index contributed by atoms with van der Waals surface area (Å²) in [6.07, 6.45) is 5.40. The first-order chi connectivity index (χ1) is 18.7. The van der Waals surface area contributed by atoms with Crippen molar-refractivity contribution in [2.75, 3.05) is 26.7 Å². The van der Waals surface area contributed by atoms with Gasteiger partial charge < -0.3 is 19.6 Å². The monoisotopic (exact) mass is 527 g/mol. The van der Waals surface area contributed by atoms with Gasteiger partial charge in [0.05, 0.1) is 20.1 Å². The number of likely N-dealkylation sites (N-methyl/N-ethyl adjacent to an activating group) is 1. The van der Waals surface area contributed by atoms with Gasteiger partial charge in [0.25, 0.3) is 5.91 Å². The number of rotatable bonds is 6. The third kappa shape index (κ3) is 5.08. The molecule has 0 radical (unpaired) electrons. The van der Waals surface area contributed by atoms with Crippen molar-refractivity contribution < 1.29 is 23.9 Å². The zero-order valence-electron chi connectivity index (χ0n) is 23.0. The molecule has 204 valence electrons. The minimum atomic E-state index is -0.909. The van der Waals surface area contributed by atoms with Gasteiger partial charge in [0.2, 0.25) is 0 Å². The van der Waals surface area contributed by atoms with Gasteiger partial charge in [0, 0.05) is 36.3 Å². The van der Waals surface area contributed by atoms with E-state index in [-0.39, 0.29) is 17.9 Å². The van der Waals surface area contributed by atoms with Crippen LogP contribution in [0, 0.1) is 5.92 Å². The Hall–Kier alpha value is -3.22. The lowest BCUT2D eigenvalue weighted by atomic mass is 9.55. The molecule has 1 heterocycles. The van der Waals surface area contributed by atoms with Crippen LogP contribution in [-0.2, 0) is 10.2 Å². The van der Waals surface area contributed by atoms with Crippen molar-refractivity contribution in [3.05, 3.63) is 77.9 Å². The molecule has 0 bridgehead atoms. The fraction of sp³-hybridized carbons (Fsp3) is 0.455. The fourth-order valence-corrected chi connectivity index (χ4v) is 7.46. The van der Waals surface area contributed by atoms with E-state index >= 15 is 0 Å². The van der Waals surface area contributed by atoms with Crippen LogP contribution in [0.3, 0.4) is 0 Å². The Bertz CT molecular complexity index is 1420. The first-order valence-electron chi connectivity index (χ1n) is 14.3. The van der Waals surface area contributed by atoms with Gasteiger partial charge in [-0.2, -0.15) is 0 Å². The minimum absolute atomic E-state index is 0.0677. The molecule has 3 fully saturated rings. The van der Waals surface area contributed by atoms with E-state index in [1.807, 2.05) is 54.6 Å². The van der Waals surface area contributed by atoms with Crippen LogP contribution < -0.4 is 10.1 Å². The van der Waals surface area contributed by atoms with Crippen molar-refractivity contribution in [1.29, 1.82) is 0 Å². The molecule has 3 aliphatic rings. The molecule has 3 aromatic carbocycles. The lowest BCUT2D eigenvalue weighted by molar-refractivity contribution is -0.925. The van der Waals surface area contributed by atoms with Crippen molar-refractivity contribution >= 4 is 22.6 Å². The SMILES string of the molecule is CC(=O)Oc1cccc([C@@]23CC[N@+](C)(CC4CC4)CC2(O)CC[C@H](NC(=O)c2ccc4ccccc4c2)C3)c1. The second-order valence-electron chi connectivity index (χ2n) is 12.6. The Morgan fingerprint density at radius 3 is 2.56 bits per heavy atom. The molecule has 39 heavy (non-hydrogen) atoms. The number of esters is 1. The minimum Gasteiger partial charge on any atom is -0.427 e. The molecule has 1 amide bonds. The van der Waals surface area contributed by atoms with Crippen LogP contribution in [-0.4, -0.2) is 59.8 Å². The van der Waals surface area contributed by atoms with Gasteiger partial charge in [-0.1, -0.05) is 42.5 Å². The van der Waals surface area contributed by atoms with E-state index < -0.39 is 11.0 Å². The Morgan fingerprint density at radius 2 is 1.79 bits per heavy atom. The fourth-order valence-electron chi connectivity index (χ4n) is 7.46. The molecular formula is C33H39N2O4+. The average Bonchev–Trinajstić information content (AvgIpc) is 3.72. The zero-order valence-corrected chi connectivity index (χ0v) is 23.0. The normalized spacial score (nSPS) is 30.4. The molecule has 6 rings (SSSR count). The molecule has 1 unspecified atom stereocenters. The zero-order chi connectivity index (χ0) is 27.3. The number of hydrogen-bond donors (Lipinski definition) is 2. The number of likely N-dealkylation sites (tertiary alicyclic amines) is 1. The number of nitrogens with one attached hydrogen (secondary N) is 1. The summed E-state index contributed by atoms with van der Waals surface area (Å²) in [7, 11) is 2.29. The predicted molar refractivity (Wildman–Crippen MR) is 152 cm³/mol. The van der Waals surface area contributed by atoms with Crippen LogP contribution in [0.4, 0.5) is 0 Å². The number of benzene rings is 3. The number of amides is 1. The molecule has 6 heteroatoms. The van der Waals surface area contributed by atoms with Gasteiger partial charge in [-0.3, -0.25) is 9.59 Å². The number of fused-ring (bicyclic) bond motifs is 2. The quantitative estimate of drug-likeness (QED) is 0.269. The lowest BCUT2D eigenvalue weighted by Crippen LogP contribution is -2.71. The average molecular weight is 528 g/mol. The molecule has 2 N–H and O–H groups in total. The topological polar surface area (TPSA) is 75.6 Å². The molecule has 1 aliphatic heterocycles. The number of hydrogen-bond acceptors (Lipinski definition) is 4. The molecule has 0 aromatic heterocycles. The van der Waals surface area contributed by atoms with E-state index in [1.165, 1.54) is 19.8 Å². The lowest BCUT2D eigenvalue weighted by Gasteiger charge is -2.59. The number of ether oxygens (including phenoxy) is 1. The van der Waals surface area contributed by atoms with Crippen molar-refractivity contribution in [3.8, 4) is 5.75 Å². The van der Waals surface area contributed by atoms with Gasteiger partial charge in [0.15, 0.2) is 0 Å². The number of carbonyl (C=O) groups is 2. The van der Waals surface area contributed by atoms with Crippen LogP contribution in [0.15, 0.2) is 66.7 Å². The Balaban J connectivity index is 1.30. The Morgan fingerprint density at radius 1 is 1.00 bits per heavy atom. The van der Waals surface area contributed by atoms with E-state index in [0.29, 0.717) is 30.7 Å². The molecule has 2 saturated carbocycles. The van der Waals surface area contributed by atoms with Crippen LogP contribution in [0.25, 0.3) is 10.8 Å². The highest BCUT2D eigenvalue weighted by molar-refractivity contribution is 5.98. The van der Waals surface area contributed by atoms with Gasteiger partial charge in [0.1, 0.15) is 17.9 Å². The third-order valence-corrected chi connectivity index (χ3v) is 9.50. The standard InChI is InChI=1S/C33H38N2O4/c1-23(36)39-30-9-5-8-28(19-30)32-16-17-35(2,21-24-10-11-24)22-33(32,38)15-14-29(20-32)34-31(37)27-13-12-25-6-3-4-7-26(25)18-27/h3-9,12-13,18-19,24,29,38H,10-11,14-17,20-22H2,1-2H3/p+1/t29-,32-,33?,35+/m0/s1. The highest BCUT2D eigenvalue weighted by atomic mass is 16.5. The largest absolute Gasteiger partial charge is 0.427 e. The highest BCUT2D eigenvalue weighted by Crippen LogP contribution is 2.54. The predicted octanol–water partition coefficient (Wildman–Crippen LogP) is 4.98. The van der Waals surface area contributed by atoms with Crippen molar-refractivity contribution in [2.24, 2.45) is 5.92 Å². The molecule has 4 atom stereocenters. The molecule has 0 spiro atoms. The van der Waals surface area contributed by atoms with Crippen LogP contribution in [0.1, 0.15) is 61.4 Å².